The van der Waals surface area contributed by atoms with E-state index in [0.29, 0.717) is 33.7 Å². The molecule has 0 bridgehead atoms. The Labute approximate surface area is 249 Å². The highest BCUT2D eigenvalue weighted by atomic mass is 35.5. The standard InChI is InChI=1S/C30H31ClN4O6S/c1-39-24-11-13-25(14-12-24)42(37,38)34(17-20-4-5-20)19-29(36)33-30-32-26(21-6-8-22(31)9-7-21)18-35(30)23-10-15-27(40-2)28(16-23)41-3/h6-16,18,20H,4-5,17,19H2,1-3H3,(H,32,33,36). The van der Waals surface area contributed by atoms with E-state index in [1.165, 1.54) is 30.7 Å². The number of sulfonamides is 1. The topological polar surface area (TPSA) is 112 Å². The lowest BCUT2D eigenvalue weighted by Gasteiger charge is -2.22. The number of nitrogens with zero attached hydrogens (tertiary/aromatic N) is 3. The summed E-state index contributed by atoms with van der Waals surface area (Å²) >= 11 is 6.08. The lowest BCUT2D eigenvalue weighted by atomic mass is 10.2. The summed E-state index contributed by atoms with van der Waals surface area (Å²) in [4.78, 5) is 18.2. The molecule has 0 aliphatic heterocycles. The second-order valence-corrected chi connectivity index (χ2v) is 12.2. The van der Waals surface area contributed by atoms with Crippen LogP contribution in [0.25, 0.3) is 16.9 Å². The van der Waals surface area contributed by atoms with Crippen LogP contribution in [0, 0.1) is 5.92 Å². The van der Waals surface area contributed by atoms with Gasteiger partial charge in [0.25, 0.3) is 0 Å². The Morgan fingerprint density at radius 3 is 2.29 bits per heavy atom. The van der Waals surface area contributed by atoms with E-state index in [1.807, 2.05) is 12.1 Å². The number of anilines is 1. The van der Waals surface area contributed by atoms with Crippen molar-refractivity contribution in [1.82, 2.24) is 13.9 Å². The summed E-state index contributed by atoms with van der Waals surface area (Å²) in [7, 11) is 0.654. The first-order valence-electron chi connectivity index (χ1n) is 13.2. The smallest absolute Gasteiger partial charge is 0.243 e. The number of nitrogens with one attached hydrogen (secondary N) is 1. The van der Waals surface area contributed by atoms with Crippen LogP contribution >= 0.6 is 11.6 Å². The zero-order chi connectivity index (χ0) is 29.9. The van der Waals surface area contributed by atoms with Gasteiger partial charge in [0, 0.05) is 29.4 Å². The first-order chi connectivity index (χ1) is 20.2. The SMILES string of the molecule is COc1ccc(S(=O)(=O)N(CC(=O)Nc2nc(-c3ccc(Cl)cc3)cn2-c2ccc(OC)c(OC)c2)CC2CC2)cc1. The Morgan fingerprint density at radius 2 is 1.67 bits per heavy atom. The molecule has 3 aromatic carbocycles. The number of rotatable bonds is 12. The Kier molecular flexibility index (Phi) is 8.72. The van der Waals surface area contributed by atoms with E-state index < -0.39 is 15.9 Å². The summed E-state index contributed by atoms with van der Waals surface area (Å²) in [5.74, 6) is 1.49. The molecule has 1 N–H and O–H groups in total. The first kappa shape index (κ1) is 29.4. The number of benzene rings is 3. The molecule has 220 valence electrons. The Balaban J connectivity index is 1.46. The van der Waals surface area contributed by atoms with Gasteiger partial charge in [-0.3, -0.25) is 14.7 Å². The molecule has 0 atom stereocenters. The summed E-state index contributed by atoms with van der Waals surface area (Å²) in [6.07, 6.45) is 3.62. The molecule has 1 amide bonds. The van der Waals surface area contributed by atoms with Gasteiger partial charge in [0.05, 0.1) is 44.2 Å². The van der Waals surface area contributed by atoms with Crippen molar-refractivity contribution in [3.8, 4) is 34.2 Å². The van der Waals surface area contributed by atoms with Gasteiger partial charge in [-0.1, -0.05) is 23.7 Å². The van der Waals surface area contributed by atoms with Gasteiger partial charge < -0.3 is 14.2 Å². The summed E-state index contributed by atoms with van der Waals surface area (Å²) in [6.45, 7) is -0.123. The second-order valence-electron chi connectivity index (χ2n) is 9.83. The quantitative estimate of drug-likeness (QED) is 0.233. The van der Waals surface area contributed by atoms with Crippen molar-refractivity contribution in [2.75, 3.05) is 39.7 Å². The molecule has 1 aromatic heterocycles. The third-order valence-electron chi connectivity index (χ3n) is 6.92. The van der Waals surface area contributed by atoms with Crippen LogP contribution < -0.4 is 19.5 Å². The van der Waals surface area contributed by atoms with Gasteiger partial charge in [-0.15, -0.1) is 0 Å². The molecule has 0 radical (unpaired) electrons. The zero-order valence-corrected chi connectivity index (χ0v) is 25.0. The van der Waals surface area contributed by atoms with Gasteiger partial charge in [-0.2, -0.15) is 4.31 Å². The number of ether oxygens (including phenoxy) is 3. The number of hydrogen-bond acceptors (Lipinski definition) is 7. The molecule has 1 saturated carbocycles. The van der Waals surface area contributed by atoms with Crippen molar-refractivity contribution >= 4 is 33.5 Å². The third kappa shape index (κ3) is 6.53. The van der Waals surface area contributed by atoms with E-state index in [1.54, 1.807) is 60.3 Å². The molecule has 0 saturated heterocycles. The van der Waals surface area contributed by atoms with Gasteiger partial charge in [0.15, 0.2) is 11.5 Å². The summed E-state index contributed by atoms with van der Waals surface area (Å²) in [6, 6.07) is 18.6. The summed E-state index contributed by atoms with van der Waals surface area (Å²) in [5.41, 5.74) is 2.01. The molecule has 5 rings (SSSR count). The second kappa shape index (κ2) is 12.4. The fourth-order valence-corrected chi connectivity index (χ4v) is 6.06. The highest BCUT2D eigenvalue weighted by Gasteiger charge is 2.33. The first-order valence-corrected chi connectivity index (χ1v) is 15.1. The number of hydrogen-bond donors (Lipinski definition) is 1. The monoisotopic (exact) mass is 610 g/mol. The number of methoxy groups -OCH3 is 3. The van der Waals surface area contributed by atoms with Crippen LogP contribution in [0.2, 0.25) is 5.02 Å². The number of carbonyl (C=O) groups is 1. The third-order valence-corrected chi connectivity index (χ3v) is 9.00. The van der Waals surface area contributed by atoms with Crippen LogP contribution in [0.15, 0.2) is 77.8 Å². The minimum Gasteiger partial charge on any atom is -0.497 e. The van der Waals surface area contributed by atoms with E-state index in [-0.39, 0.29) is 29.9 Å². The maximum absolute atomic E-state index is 13.6. The van der Waals surface area contributed by atoms with Crippen molar-refractivity contribution < 1.29 is 27.4 Å². The van der Waals surface area contributed by atoms with Gasteiger partial charge in [-0.25, -0.2) is 13.4 Å². The Bertz CT molecular complexity index is 1670. The lowest BCUT2D eigenvalue weighted by molar-refractivity contribution is -0.116. The Hall–Kier alpha value is -4.06. The molecule has 1 heterocycles. The van der Waals surface area contributed by atoms with Crippen molar-refractivity contribution in [3.63, 3.8) is 0 Å². The molecular weight excluding hydrogens is 580 g/mol. The van der Waals surface area contributed by atoms with Gasteiger partial charge in [-0.05, 0) is 67.3 Å². The minimum absolute atomic E-state index is 0.0913. The van der Waals surface area contributed by atoms with Gasteiger partial charge in [0.2, 0.25) is 21.9 Å². The van der Waals surface area contributed by atoms with Crippen molar-refractivity contribution in [1.29, 1.82) is 0 Å². The van der Waals surface area contributed by atoms with Crippen LogP contribution in [0.4, 0.5) is 5.95 Å². The van der Waals surface area contributed by atoms with Gasteiger partial charge >= 0.3 is 0 Å². The molecule has 12 heteroatoms. The van der Waals surface area contributed by atoms with Crippen LogP contribution in [0.5, 0.6) is 17.2 Å². The minimum atomic E-state index is -3.94. The predicted molar refractivity (Wildman–Crippen MR) is 160 cm³/mol. The molecule has 1 aliphatic carbocycles. The largest absolute Gasteiger partial charge is 0.497 e. The van der Waals surface area contributed by atoms with E-state index in [4.69, 9.17) is 25.8 Å². The number of halogens is 1. The maximum Gasteiger partial charge on any atom is 0.243 e. The van der Waals surface area contributed by atoms with Crippen LogP contribution in [0.1, 0.15) is 12.8 Å². The Morgan fingerprint density at radius 1 is 0.976 bits per heavy atom. The average Bonchev–Trinajstić information content (AvgIpc) is 3.73. The molecule has 10 nitrogen and oxygen atoms in total. The van der Waals surface area contributed by atoms with E-state index in [2.05, 4.69) is 10.3 Å². The van der Waals surface area contributed by atoms with Gasteiger partial charge in [0.1, 0.15) is 5.75 Å². The maximum atomic E-state index is 13.6. The molecule has 1 aliphatic rings. The van der Waals surface area contributed by atoms with Crippen molar-refractivity contribution in [2.45, 2.75) is 17.7 Å². The summed E-state index contributed by atoms with van der Waals surface area (Å²) in [5, 5.41) is 3.41. The normalized spacial score (nSPS) is 13.2. The lowest BCUT2D eigenvalue weighted by Crippen LogP contribution is -2.39. The summed E-state index contributed by atoms with van der Waals surface area (Å²) < 4.78 is 46.1. The number of imidazole rings is 1. The number of aromatic nitrogens is 2. The predicted octanol–water partition coefficient (Wildman–Crippen LogP) is 5.26. The van der Waals surface area contributed by atoms with E-state index >= 15 is 0 Å². The number of carbonyl (C=O) groups excluding carboxylic acids is 1. The van der Waals surface area contributed by atoms with Crippen molar-refractivity contribution in [2.24, 2.45) is 5.92 Å². The molecule has 4 aromatic rings. The van der Waals surface area contributed by atoms with E-state index in [9.17, 15) is 13.2 Å². The fraction of sp³-hybridized carbons (Fsp3) is 0.267. The molecule has 42 heavy (non-hydrogen) atoms. The molecule has 1 fully saturated rings. The molecule has 0 spiro atoms. The van der Waals surface area contributed by atoms with E-state index in [0.717, 1.165) is 18.4 Å². The number of amides is 1. The fourth-order valence-electron chi connectivity index (χ4n) is 4.46. The highest BCUT2D eigenvalue weighted by molar-refractivity contribution is 7.89. The highest BCUT2D eigenvalue weighted by Crippen LogP contribution is 2.33. The van der Waals surface area contributed by atoms with Crippen LogP contribution in [-0.2, 0) is 14.8 Å². The van der Waals surface area contributed by atoms with Crippen LogP contribution in [0.3, 0.4) is 0 Å². The molecular formula is C30H31ClN4O6S. The van der Waals surface area contributed by atoms with Crippen LogP contribution in [-0.4, -0.2) is 62.6 Å². The molecule has 0 unspecified atom stereocenters. The average molecular weight is 611 g/mol. The van der Waals surface area contributed by atoms with Crippen molar-refractivity contribution in [3.05, 3.63) is 77.9 Å². The zero-order valence-electron chi connectivity index (χ0n) is 23.4.